The zero-order valence-electron chi connectivity index (χ0n) is 16.4. The maximum absolute atomic E-state index is 6.00. The molecule has 0 bridgehead atoms. The van der Waals surface area contributed by atoms with Crippen LogP contribution in [0.3, 0.4) is 0 Å². The van der Waals surface area contributed by atoms with E-state index in [1.807, 2.05) is 24.3 Å². The highest BCUT2D eigenvalue weighted by Gasteiger charge is 2.21. The molecule has 1 aliphatic heterocycles. The van der Waals surface area contributed by atoms with E-state index in [-0.39, 0.29) is 0 Å². The van der Waals surface area contributed by atoms with Crippen LogP contribution >= 0.6 is 11.6 Å². The fourth-order valence-electron chi connectivity index (χ4n) is 4.21. The van der Waals surface area contributed by atoms with Gasteiger partial charge in [-0.25, -0.2) is 4.98 Å². The first-order valence-electron chi connectivity index (χ1n) is 9.92. The van der Waals surface area contributed by atoms with Gasteiger partial charge in [0.2, 0.25) is 0 Å². The molecule has 1 N–H and O–H groups in total. The standard InChI is InChI=1S/C21H26ClN5O/c1-14-10-15(2)12-27(11-14)9-3-8-23-20-18-19(16-4-6-17(22)7-5-16)26-28-21(18)25-13-24-20/h4-7,13-15H,3,8-12H2,1-2H3,(H,23,24,25)/t14-,15-/m0/s1. The molecule has 0 aliphatic carbocycles. The van der Waals surface area contributed by atoms with Crippen LogP contribution < -0.4 is 5.32 Å². The SMILES string of the molecule is C[C@H]1C[C@H](C)CN(CCCNc2ncnc3onc(-c4ccc(Cl)cc4)c23)C1. The Kier molecular flexibility index (Phi) is 5.78. The average molecular weight is 400 g/mol. The summed E-state index contributed by atoms with van der Waals surface area (Å²) in [6, 6.07) is 7.54. The predicted molar refractivity (Wildman–Crippen MR) is 113 cm³/mol. The Morgan fingerprint density at radius 2 is 1.89 bits per heavy atom. The van der Waals surface area contributed by atoms with E-state index in [1.165, 1.54) is 25.8 Å². The summed E-state index contributed by atoms with van der Waals surface area (Å²) in [5.74, 6) is 2.34. The Hall–Kier alpha value is -2.18. The lowest BCUT2D eigenvalue weighted by Gasteiger charge is -2.34. The van der Waals surface area contributed by atoms with Crippen molar-refractivity contribution in [3.05, 3.63) is 35.6 Å². The van der Waals surface area contributed by atoms with Crippen molar-refractivity contribution < 1.29 is 4.52 Å². The number of rotatable bonds is 6. The highest BCUT2D eigenvalue weighted by atomic mass is 35.5. The van der Waals surface area contributed by atoms with E-state index in [0.29, 0.717) is 10.7 Å². The van der Waals surface area contributed by atoms with Gasteiger partial charge < -0.3 is 14.7 Å². The number of fused-ring (bicyclic) bond motifs is 1. The molecule has 148 valence electrons. The van der Waals surface area contributed by atoms with Crippen molar-refractivity contribution in [2.45, 2.75) is 26.7 Å². The lowest BCUT2D eigenvalue weighted by Crippen LogP contribution is -2.39. The maximum atomic E-state index is 6.00. The van der Waals surface area contributed by atoms with Gasteiger partial charge in [0.15, 0.2) is 0 Å². The minimum atomic E-state index is 0.487. The van der Waals surface area contributed by atoms with Crippen molar-refractivity contribution >= 4 is 28.5 Å². The third-order valence-corrected chi connectivity index (χ3v) is 5.53. The molecule has 0 spiro atoms. The van der Waals surface area contributed by atoms with Gasteiger partial charge in [-0.1, -0.05) is 42.7 Å². The number of benzene rings is 1. The molecule has 3 aromatic rings. The zero-order valence-corrected chi connectivity index (χ0v) is 17.1. The average Bonchev–Trinajstić information content (AvgIpc) is 3.10. The number of nitrogens with zero attached hydrogens (tertiary/aromatic N) is 4. The van der Waals surface area contributed by atoms with Gasteiger partial charge >= 0.3 is 0 Å². The number of aromatic nitrogens is 3. The third-order valence-electron chi connectivity index (χ3n) is 5.28. The summed E-state index contributed by atoms with van der Waals surface area (Å²) in [5.41, 5.74) is 2.15. The van der Waals surface area contributed by atoms with Crippen LogP contribution in [-0.2, 0) is 0 Å². The number of anilines is 1. The highest BCUT2D eigenvalue weighted by Crippen LogP contribution is 2.31. The Morgan fingerprint density at radius 1 is 1.14 bits per heavy atom. The molecule has 0 saturated carbocycles. The van der Waals surface area contributed by atoms with Crippen LogP contribution in [0, 0.1) is 11.8 Å². The summed E-state index contributed by atoms with van der Waals surface area (Å²) < 4.78 is 5.42. The van der Waals surface area contributed by atoms with E-state index in [0.717, 1.165) is 53.8 Å². The summed E-state index contributed by atoms with van der Waals surface area (Å²) >= 11 is 6.00. The fourth-order valence-corrected chi connectivity index (χ4v) is 4.34. The molecule has 0 unspecified atom stereocenters. The van der Waals surface area contributed by atoms with Crippen molar-refractivity contribution in [3.8, 4) is 11.3 Å². The quantitative estimate of drug-likeness (QED) is 0.605. The molecule has 0 radical (unpaired) electrons. The van der Waals surface area contributed by atoms with Crippen molar-refractivity contribution in [2.24, 2.45) is 11.8 Å². The van der Waals surface area contributed by atoms with Gasteiger partial charge in [-0.05, 0) is 43.4 Å². The van der Waals surface area contributed by atoms with E-state index >= 15 is 0 Å². The molecule has 2 atom stereocenters. The molecule has 28 heavy (non-hydrogen) atoms. The number of piperidine rings is 1. The minimum absolute atomic E-state index is 0.487. The third kappa shape index (κ3) is 4.28. The van der Waals surface area contributed by atoms with Crippen LogP contribution in [0.2, 0.25) is 5.02 Å². The van der Waals surface area contributed by atoms with Gasteiger partial charge in [0, 0.05) is 30.2 Å². The Labute approximate surface area is 170 Å². The van der Waals surface area contributed by atoms with Crippen LogP contribution in [0.4, 0.5) is 5.82 Å². The number of nitrogens with one attached hydrogen (secondary N) is 1. The lowest BCUT2D eigenvalue weighted by molar-refractivity contribution is 0.141. The second-order valence-electron chi connectivity index (χ2n) is 7.93. The van der Waals surface area contributed by atoms with Gasteiger partial charge in [0.05, 0.1) is 0 Å². The lowest BCUT2D eigenvalue weighted by atomic mass is 9.92. The van der Waals surface area contributed by atoms with Gasteiger partial charge in [0.25, 0.3) is 5.71 Å². The largest absolute Gasteiger partial charge is 0.369 e. The molecule has 2 aromatic heterocycles. The summed E-state index contributed by atoms with van der Waals surface area (Å²) in [5, 5.41) is 9.16. The van der Waals surface area contributed by atoms with Gasteiger partial charge in [-0.3, -0.25) is 0 Å². The molecule has 1 fully saturated rings. The highest BCUT2D eigenvalue weighted by molar-refractivity contribution is 6.30. The first-order valence-corrected chi connectivity index (χ1v) is 10.3. The van der Waals surface area contributed by atoms with Crippen molar-refractivity contribution in [1.82, 2.24) is 20.0 Å². The topological polar surface area (TPSA) is 67.1 Å². The number of halogens is 1. The van der Waals surface area contributed by atoms with E-state index in [4.69, 9.17) is 16.1 Å². The van der Waals surface area contributed by atoms with Crippen molar-refractivity contribution in [1.29, 1.82) is 0 Å². The van der Waals surface area contributed by atoms with Crippen LogP contribution in [0.15, 0.2) is 35.1 Å². The maximum Gasteiger partial charge on any atom is 0.263 e. The molecule has 1 aromatic carbocycles. The molecule has 3 heterocycles. The van der Waals surface area contributed by atoms with Crippen LogP contribution in [0.1, 0.15) is 26.7 Å². The fraction of sp³-hybridized carbons (Fsp3) is 0.476. The number of likely N-dealkylation sites (tertiary alicyclic amines) is 1. The van der Waals surface area contributed by atoms with Crippen molar-refractivity contribution in [2.75, 3.05) is 31.5 Å². The summed E-state index contributed by atoms with van der Waals surface area (Å²) in [7, 11) is 0. The summed E-state index contributed by atoms with van der Waals surface area (Å²) in [6.45, 7) is 9.05. The first kappa shape index (κ1) is 19.2. The van der Waals surface area contributed by atoms with Crippen LogP contribution in [0.5, 0.6) is 0 Å². The molecular weight excluding hydrogens is 374 g/mol. The van der Waals surface area contributed by atoms with Gasteiger partial charge in [-0.15, -0.1) is 0 Å². The predicted octanol–water partition coefficient (Wildman–Crippen LogP) is 4.72. The molecule has 7 heteroatoms. The van der Waals surface area contributed by atoms with Crippen molar-refractivity contribution in [3.63, 3.8) is 0 Å². The minimum Gasteiger partial charge on any atom is -0.369 e. The monoisotopic (exact) mass is 399 g/mol. The first-order chi connectivity index (χ1) is 13.6. The summed E-state index contributed by atoms with van der Waals surface area (Å²) in [6.07, 6.45) is 3.91. The Bertz CT molecular complexity index is 916. The smallest absolute Gasteiger partial charge is 0.263 e. The summed E-state index contributed by atoms with van der Waals surface area (Å²) in [4.78, 5) is 11.2. The Morgan fingerprint density at radius 3 is 2.64 bits per heavy atom. The van der Waals surface area contributed by atoms with Gasteiger partial charge in [-0.2, -0.15) is 4.98 Å². The molecule has 6 nitrogen and oxygen atoms in total. The zero-order chi connectivity index (χ0) is 19.5. The van der Waals surface area contributed by atoms with Crippen LogP contribution in [0.25, 0.3) is 22.4 Å². The second-order valence-corrected chi connectivity index (χ2v) is 8.36. The molecule has 1 aliphatic rings. The molecule has 1 saturated heterocycles. The molecular formula is C21H26ClN5O. The Balaban J connectivity index is 1.44. The van der Waals surface area contributed by atoms with Gasteiger partial charge in [0.1, 0.15) is 23.2 Å². The molecule has 0 amide bonds. The van der Waals surface area contributed by atoms with E-state index in [9.17, 15) is 0 Å². The van der Waals surface area contributed by atoms with Crippen LogP contribution in [-0.4, -0.2) is 46.2 Å². The number of hydrogen-bond acceptors (Lipinski definition) is 6. The van der Waals surface area contributed by atoms with E-state index < -0.39 is 0 Å². The molecule has 4 rings (SSSR count). The van der Waals surface area contributed by atoms with E-state index in [1.54, 1.807) is 0 Å². The van der Waals surface area contributed by atoms with E-state index in [2.05, 4.69) is 39.2 Å². The number of hydrogen-bond donors (Lipinski definition) is 1. The normalized spacial score (nSPS) is 20.5. The second kappa shape index (κ2) is 8.45.